The molecule has 2 heterocycles. The first kappa shape index (κ1) is 13.4. The lowest BCUT2D eigenvalue weighted by molar-refractivity contribution is 0.412. The van der Waals surface area contributed by atoms with Crippen molar-refractivity contribution in [3.63, 3.8) is 0 Å². The number of piperazine rings is 1. The van der Waals surface area contributed by atoms with Crippen LogP contribution in [0.15, 0.2) is 22.7 Å². The second-order valence-electron chi connectivity index (χ2n) is 4.57. The predicted octanol–water partition coefficient (Wildman–Crippen LogP) is 1.65. The molecule has 20 heavy (non-hydrogen) atoms. The number of hydrogen-bond acceptors (Lipinski definition) is 5. The Morgan fingerprint density at radius 1 is 1.30 bits per heavy atom. The SMILES string of the molecule is COc1ccc(-c2nc(N3CCNCC3)n[nH]2)cc1Br. The summed E-state index contributed by atoms with van der Waals surface area (Å²) in [6.45, 7) is 3.81. The zero-order valence-electron chi connectivity index (χ0n) is 11.2. The van der Waals surface area contributed by atoms with Crippen LogP contribution < -0.4 is 15.0 Å². The van der Waals surface area contributed by atoms with Gasteiger partial charge in [-0.3, -0.25) is 5.10 Å². The van der Waals surface area contributed by atoms with Crippen LogP contribution in [0, 0.1) is 0 Å². The number of aromatic amines is 1. The molecule has 6 nitrogen and oxygen atoms in total. The normalized spacial score (nSPS) is 15.4. The van der Waals surface area contributed by atoms with Crippen LogP contribution in [0.2, 0.25) is 0 Å². The Kier molecular flexibility index (Phi) is 3.88. The molecule has 0 radical (unpaired) electrons. The van der Waals surface area contributed by atoms with Crippen molar-refractivity contribution in [1.82, 2.24) is 20.5 Å². The molecule has 1 aromatic carbocycles. The maximum Gasteiger partial charge on any atom is 0.245 e. The molecule has 0 spiro atoms. The van der Waals surface area contributed by atoms with Gasteiger partial charge in [0.2, 0.25) is 5.95 Å². The number of ether oxygens (including phenoxy) is 1. The second kappa shape index (κ2) is 5.80. The molecule has 1 aliphatic rings. The monoisotopic (exact) mass is 337 g/mol. The minimum absolute atomic E-state index is 0.758. The zero-order valence-corrected chi connectivity index (χ0v) is 12.8. The molecule has 0 aliphatic carbocycles. The Hall–Kier alpha value is -1.60. The van der Waals surface area contributed by atoms with Crippen LogP contribution in [0.4, 0.5) is 5.95 Å². The van der Waals surface area contributed by atoms with Crippen molar-refractivity contribution in [3.8, 4) is 17.1 Å². The van der Waals surface area contributed by atoms with Crippen molar-refractivity contribution in [2.75, 3.05) is 38.2 Å². The van der Waals surface area contributed by atoms with E-state index >= 15 is 0 Å². The molecule has 2 N–H and O–H groups in total. The molecule has 0 unspecified atom stereocenters. The lowest BCUT2D eigenvalue weighted by atomic mass is 10.2. The van der Waals surface area contributed by atoms with E-state index in [1.807, 2.05) is 18.2 Å². The number of nitrogens with one attached hydrogen (secondary N) is 2. The summed E-state index contributed by atoms with van der Waals surface area (Å²) in [7, 11) is 1.65. The van der Waals surface area contributed by atoms with Crippen molar-refractivity contribution in [1.29, 1.82) is 0 Å². The molecule has 1 saturated heterocycles. The van der Waals surface area contributed by atoms with Crippen LogP contribution in [0.3, 0.4) is 0 Å². The zero-order chi connectivity index (χ0) is 13.9. The molecule has 1 aliphatic heterocycles. The van der Waals surface area contributed by atoms with Crippen LogP contribution in [-0.2, 0) is 0 Å². The molecular weight excluding hydrogens is 322 g/mol. The van der Waals surface area contributed by atoms with Gasteiger partial charge in [0.05, 0.1) is 11.6 Å². The molecule has 106 valence electrons. The molecule has 7 heteroatoms. The van der Waals surface area contributed by atoms with E-state index in [2.05, 4.69) is 41.3 Å². The van der Waals surface area contributed by atoms with Crippen molar-refractivity contribution in [2.45, 2.75) is 0 Å². The summed E-state index contributed by atoms with van der Waals surface area (Å²) in [5.74, 6) is 2.32. The van der Waals surface area contributed by atoms with E-state index in [-0.39, 0.29) is 0 Å². The van der Waals surface area contributed by atoms with Gasteiger partial charge < -0.3 is 15.0 Å². The number of methoxy groups -OCH3 is 1. The molecule has 1 fully saturated rings. The van der Waals surface area contributed by atoms with E-state index in [1.165, 1.54) is 0 Å². The number of nitrogens with zero attached hydrogens (tertiary/aromatic N) is 3. The summed E-state index contributed by atoms with van der Waals surface area (Å²) < 4.78 is 6.13. The average Bonchev–Trinajstić information content (AvgIpc) is 2.98. The van der Waals surface area contributed by atoms with Crippen LogP contribution in [0.1, 0.15) is 0 Å². The largest absolute Gasteiger partial charge is 0.496 e. The highest BCUT2D eigenvalue weighted by Gasteiger charge is 2.15. The third-order valence-electron chi connectivity index (χ3n) is 3.30. The Morgan fingerprint density at radius 3 is 2.80 bits per heavy atom. The summed E-state index contributed by atoms with van der Waals surface area (Å²) >= 11 is 3.48. The number of H-pyrrole nitrogens is 1. The predicted molar refractivity (Wildman–Crippen MR) is 81.2 cm³/mol. The standard InChI is InChI=1S/C13H16BrN5O/c1-20-11-3-2-9(8-10(11)14)12-16-13(18-17-12)19-6-4-15-5-7-19/h2-3,8,15H,4-7H2,1H3,(H,16,17,18). The molecule has 0 atom stereocenters. The Bertz CT molecular complexity index is 594. The fourth-order valence-electron chi connectivity index (χ4n) is 2.20. The third-order valence-corrected chi connectivity index (χ3v) is 3.92. The number of benzene rings is 1. The van der Waals surface area contributed by atoms with Crippen molar-refractivity contribution in [3.05, 3.63) is 22.7 Å². The van der Waals surface area contributed by atoms with Crippen molar-refractivity contribution in [2.24, 2.45) is 0 Å². The molecule has 2 aromatic rings. The van der Waals surface area contributed by atoms with Gasteiger partial charge in [0, 0.05) is 31.7 Å². The Labute approximate surface area is 125 Å². The van der Waals surface area contributed by atoms with Gasteiger partial charge in [0.1, 0.15) is 5.75 Å². The van der Waals surface area contributed by atoms with E-state index in [0.29, 0.717) is 0 Å². The smallest absolute Gasteiger partial charge is 0.245 e. The van der Waals surface area contributed by atoms with E-state index in [0.717, 1.165) is 53.7 Å². The molecule has 0 amide bonds. The first-order valence-corrected chi connectivity index (χ1v) is 7.29. The molecule has 0 bridgehead atoms. The topological polar surface area (TPSA) is 66.1 Å². The number of anilines is 1. The number of aromatic nitrogens is 3. The van der Waals surface area contributed by atoms with Crippen molar-refractivity contribution < 1.29 is 4.74 Å². The van der Waals surface area contributed by atoms with Gasteiger partial charge in [-0.1, -0.05) is 0 Å². The molecule has 3 rings (SSSR count). The minimum Gasteiger partial charge on any atom is -0.496 e. The molecule has 1 aromatic heterocycles. The minimum atomic E-state index is 0.758. The average molecular weight is 338 g/mol. The van der Waals surface area contributed by atoms with Gasteiger partial charge in [0.25, 0.3) is 0 Å². The fraction of sp³-hybridized carbons (Fsp3) is 0.385. The highest BCUT2D eigenvalue weighted by atomic mass is 79.9. The van der Waals surface area contributed by atoms with Gasteiger partial charge >= 0.3 is 0 Å². The van der Waals surface area contributed by atoms with E-state index < -0.39 is 0 Å². The van der Waals surface area contributed by atoms with Crippen molar-refractivity contribution >= 4 is 21.9 Å². The van der Waals surface area contributed by atoms with E-state index in [9.17, 15) is 0 Å². The summed E-state index contributed by atoms with van der Waals surface area (Å²) in [5.41, 5.74) is 0.978. The van der Waals surface area contributed by atoms with E-state index in [4.69, 9.17) is 4.74 Å². The van der Waals surface area contributed by atoms with Crippen LogP contribution in [-0.4, -0.2) is 48.5 Å². The number of hydrogen-bond donors (Lipinski definition) is 2. The lowest BCUT2D eigenvalue weighted by Crippen LogP contribution is -2.44. The van der Waals surface area contributed by atoms with Crippen LogP contribution >= 0.6 is 15.9 Å². The quantitative estimate of drug-likeness (QED) is 0.891. The molecular formula is C13H16BrN5O. The van der Waals surface area contributed by atoms with Crippen LogP contribution in [0.5, 0.6) is 5.75 Å². The van der Waals surface area contributed by atoms with Gasteiger partial charge in [0.15, 0.2) is 5.82 Å². The Balaban J connectivity index is 1.84. The first-order valence-electron chi connectivity index (χ1n) is 6.50. The second-order valence-corrected chi connectivity index (χ2v) is 5.42. The summed E-state index contributed by atoms with van der Waals surface area (Å²) in [6, 6.07) is 5.85. The maximum absolute atomic E-state index is 5.23. The van der Waals surface area contributed by atoms with Gasteiger partial charge in [-0.15, -0.1) is 5.10 Å². The van der Waals surface area contributed by atoms with Gasteiger partial charge in [-0.2, -0.15) is 4.98 Å². The highest BCUT2D eigenvalue weighted by molar-refractivity contribution is 9.10. The van der Waals surface area contributed by atoms with Gasteiger partial charge in [-0.05, 0) is 34.1 Å². The first-order chi connectivity index (χ1) is 9.78. The van der Waals surface area contributed by atoms with E-state index in [1.54, 1.807) is 7.11 Å². The fourth-order valence-corrected chi connectivity index (χ4v) is 2.74. The summed E-state index contributed by atoms with van der Waals surface area (Å²) in [4.78, 5) is 6.75. The number of halogens is 1. The number of rotatable bonds is 3. The van der Waals surface area contributed by atoms with Gasteiger partial charge in [-0.25, -0.2) is 0 Å². The Morgan fingerprint density at radius 2 is 2.10 bits per heavy atom. The highest BCUT2D eigenvalue weighted by Crippen LogP contribution is 2.29. The lowest BCUT2D eigenvalue weighted by Gasteiger charge is -2.25. The van der Waals surface area contributed by atoms with Crippen LogP contribution in [0.25, 0.3) is 11.4 Å². The summed E-state index contributed by atoms with van der Waals surface area (Å²) in [5, 5.41) is 10.6. The third kappa shape index (κ3) is 2.64. The summed E-state index contributed by atoms with van der Waals surface area (Å²) in [6.07, 6.45) is 0. The molecule has 0 saturated carbocycles. The maximum atomic E-state index is 5.23.